The van der Waals surface area contributed by atoms with Gasteiger partial charge in [0.15, 0.2) is 23.0 Å². The molecule has 0 aliphatic heterocycles. The normalized spacial score (nSPS) is 12.0. The van der Waals surface area contributed by atoms with Crippen molar-refractivity contribution in [2.24, 2.45) is 0 Å². The average Bonchev–Trinajstić information content (AvgIpc) is 2.74. The monoisotopic (exact) mass is 408 g/mol. The molecule has 0 bridgehead atoms. The molecule has 30 heavy (non-hydrogen) atoms. The van der Waals surface area contributed by atoms with Gasteiger partial charge < -0.3 is 18.9 Å². The Kier molecular flexibility index (Phi) is 4.70. The number of rotatable bonds is 5. The van der Waals surface area contributed by atoms with Crippen LogP contribution in [0.2, 0.25) is 0 Å². The average molecular weight is 408 g/mol. The molecule has 0 aliphatic carbocycles. The molecule has 0 aromatic heterocycles. The number of benzene rings is 4. The molecule has 4 aromatic rings. The van der Waals surface area contributed by atoms with Crippen LogP contribution in [0.4, 0.5) is 5.69 Å². The Balaban J connectivity index is 2.37. The molecule has 0 saturated heterocycles. The topological polar surface area (TPSA) is 60.1 Å². The van der Waals surface area contributed by atoms with Gasteiger partial charge in [-0.1, -0.05) is 23.4 Å². The maximum atomic E-state index is 13.3. The molecule has 0 unspecified atom stereocenters. The van der Waals surface area contributed by atoms with Crippen LogP contribution >= 0.6 is 0 Å². The van der Waals surface area contributed by atoms with E-state index in [1.54, 1.807) is 28.4 Å². The molecule has 0 N–H and O–H groups in total. The molecule has 4 rings (SSSR count). The molecule has 0 amide bonds. The Morgan fingerprint density at radius 2 is 1.10 bits per heavy atom. The van der Waals surface area contributed by atoms with Gasteiger partial charge in [0.2, 0.25) is 0 Å². The first kappa shape index (κ1) is 20.2. The number of nitrogens with zero attached hydrogens (tertiary/aromatic N) is 1. The van der Waals surface area contributed by atoms with Gasteiger partial charge in [-0.25, -0.2) is 5.06 Å². The summed E-state index contributed by atoms with van der Waals surface area (Å²) < 4.78 is 23.1. The minimum Gasteiger partial charge on any atom is -0.492 e. The van der Waals surface area contributed by atoms with Crippen LogP contribution in [0.5, 0.6) is 23.0 Å². The standard InChI is InChI=1S/C24H26NO5/c1-24(2,3)25(26)16-12-11-15-18-17-13(20(27-4)21(15)28-5)9-8-10-14(17)22(29-6)23(30-7)19(16)18/h8-12H,1-7H3. The van der Waals surface area contributed by atoms with Crippen molar-refractivity contribution in [3.05, 3.63) is 30.3 Å². The number of anilines is 1. The molecular formula is C24H26NO5. The third-order valence-corrected chi connectivity index (χ3v) is 5.52. The van der Waals surface area contributed by atoms with E-state index in [1.807, 2.05) is 51.1 Å². The van der Waals surface area contributed by atoms with E-state index in [1.165, 1.54) is 0 Å². The van der Waals surface area contributed by atoms with Crippen molar-refractivity contribution >= 4 is 38.0 Å². The first-order valence-corrected chi connectivity index (χ1v) is 9.73. The zero-order chi connectivity index (χ0) is 21.8. The van der Waals surface area contributed by atoms with E-state index in [0.29, 0.717) is 34.1 Å². The van der Waals surface area contributed by atoms with Crippen LogP contribution in [0, 0.1) is 0 Å². The molecule has 0 aliphatic rings. The lowest BCUT2D eigenvalue weighted by atomic mass is 9.90. The summed E-state index contributed by atoms with van der Waals surface area (Å²) in [5.74, 6) is 2.37. The van der Waals surface area contributed by atoms with Crippen molar-refractivity contribution in [2.75, 3.05) is 33.5 Å². The fourth-order valence-electron chi connectivity index (χ4n) is 4.28. The predicted molar refractivity (Wildman–Crippen MR) is 119 cm³/mol. The number of ether oxygens (including phenoxy) is 4. The Labute approximate surface area is 175 Å². The van der Waals surface area contributed by atoms with Gasteiger partial charge in [0.05, 0.1) is 45.1 Å². The van der Waals surface area contributed by atoms with Gasteiger partial charge in [0, 0.05) is 26.9 Å². The highest BCUT2D eigenvalue weighted by molar-refractivity contribution is 6.31. The van der Waals surface area contributed by atoms with Crippen LogP contribution in [-0.4, -0.2) is 34.0 Å². The molecule has 6 heteroatoms. The quantitative estimate of drug-likeness (QED) is 0.319. The van der Waals surface area contributed by atoms with E-state index >= 15 is 0 Å². The lowest BCUT2D eigenvalue weighted by molar-refractivity contribution is 0.103. The first-order chi connectivity index (χ1) is 14.3. The van der Waals surface area contributed by atoms with E-state index in [4.69, 9.17) is 18.9 Å². The fourth-order valence-corrected chi connectivity index (χ4v) is 4.28. The first-order valence-electron chi connectivity index (χ1n) is 9.73. The summed E-state index contributed by atoms with van der Waals surface area (Å²) in [5, 5.41) is 19.5. The Hall–Kier alpha value is -3.12. The van der Waals surface area contributed by atoms with Crippen molar-refractivity contribution in [2.45, 2.75) is 26.3 Å². The van der Waals surface area contributed by atoms with Gasteiger partial charge in [-0.05, 0) is 32.9 Å². The maximum Gasteiger partial charge on any atom is 0.171 e. The third kappa shape index (κ3) is 2.60. The number of hydrogen-bond acceptors (Lipinski definition) is 5. The third-order valence-electron chi connectivity index (χ3n) is 5.52. The molecular weight excluding hydrogens is 382 g/mol. The molecule has 0 heterocycles. The molecule has 0 saturated carbocycles. The summed E-state index contributed by atoms with van der Waals surface area (Å²) >= 11 is 0. The Morgan fingerprint density at radius 1 is 0.633 bits per heavy atom. The lowest BCUT2D eigenvalue weighted by Crippen LogP contribution is -2.37. The van der Waals surface area contributed by atoms with Crippen molar-refractivity contribution in [1.82, 2.24) is 0 Å². The SMILES string of the molecule is COc1c(OC)c2ccc(N([O])C(C)(C)C)c3c(OC)c(OC)c4cccc1c4c23. The van der Waals surface area contributed by atoms with Crippen LogP contribution < -0.4 is 24.0 Å². The van der Waals surface area contributed by atoms with Crippen molar-refractivity contribution < 1.29 is 24.2 Å². The minimum absolute atomic E-state index is 0.518. The second kappa shape index (κ2) is 6.99. The van der Waals surface area contributed by atoms with Crippen LogP contribution in [0.3, 0.4) is 0 Å². The summed E-state index contributed by atoms with van der Waals surface area (Å²) in [7, 11) is 6.45. The fraction of sp³-hybridized carbons (Fsp3) is 0.333. The minimum atomic E-state index is -0.636. The number of hydrogen-bond donors (Lipinski definition) is 0. The second-order valence-corrected chi connectivity index (χ2v) is 8.21. The van der Waals surface area contributed by atoms with Gasteiger partial charge in [-0.2, -0.15) is 0 Å². The highest BCUT2D eigenvalue weighted by atomic mass is 16.5. The highest BCUT2D eigenvalue weighted by Gasteiger charge is 2.30. The van der Waals surface area contributed by atoms with Gasteiger partial charge in [-0.15, -0.1) is 0 Å². The van der Waals surface area contributed by atoms with Gasteiger partial charge in [0.25, 0.3) is 0 Å². The number of methoxy groups -OCH3 is 4. The highest BCUT2D eigenvalue weighted by Crippen LogP contribution is 2.55. The summed E-state index contributed by atoms with van der Waals surface area (Å²) in [6.45, 7) is 5.64. The van der Waals surface area contributed by atoms with Crippen LogP contribution in [0.1, 0.15) is 20.8 Å². The van der Waals surface area contributed by atoms with E-state index in [-0.39, 0.29) is 0 Å². The zero-order valence-electron chi connectivity index (χ0n) is 18.4. The summed E-state index contributed by atoms with van der Waals surface area (Å²) in [6.07, 6.45) is 0. The van der Waals surface area contributed by atoms with Gasteiger partial charge in [-0.3, -0.25) is 0 Å². The summed E-state index contributed by atoms with van der Waals surface area (Å²) in [5.41, 5.74) is -0.118. The molecule has 0 spiro atoms. The van der Waals surface area contributed by atoms with Crippen molar-refractivity contribution in [3.8, 4) is 23.0 Å². The molecule has 157 valence electrons. The number of hydroxylamine groups is 1. The van der Waals surface area contributed by atoms with E-state index in [2.05, 4.69) is 0 Å². The summed E-state index contributed by atoms with van der Waals surface area (Å²) in [6, 6.07) is 9.64. The maximum absolute atomic E-state index is 13.3. The molecule has 4 aromatic carbocycles. The Bertz CT molecular complexity index is 1230. The largest absolute Gasteiger partial charge is 0.492 e. The van der Waals surface area contributed by atoms with Gasteiger partial charge >= 0.3 is 0 Å². The lowest BCUT2D eigenvalue weighted by Gasteiger charge is -2.31. The molecule has 1 radical (unpaired) electrons. The smallest absolute Gasteiger partial charge is 0.171 e. The molecule has 0 fully saturated rings. The predicted octanol–water partition coefficient (Wildman–Crippen LogP) is 5.57. The zero-order valence-corrected chi connectivity index (χ0v) is 18.4. The summed E-state index contributed by atoms with van der Waals surface area (Å²) in [4.78, 5) is 0. The van der Waals surface area contributed by atoms with Crippen LogP contribution in [0.25, 0.3) is 32.3 Å². The Morgan fingerprint density at radius 3 is 1.57 bits per heavy atom. The molecule has 0 atom stereocenters. The van der Waals surface area contributed by atoms with E-state index in [0.717, 1.165) is 32.0 Å². The van der Waals surface area contributed by atoms with Crippen molar-refractivity contribution in [1.29, 1.82) is 0 Å². The van der Waals surface area contributed by atoms with Crippen LogP contribution in [-0.2, 0) is 5.21 Å². The van der Waals surface area contributed by atoms with E-state index < -0.39 is 5.54 Å². The van der Waals surface area contributed by atoms with Crippen LogP contribution in [0.15, 0.2) is 30.3 Å². The van der Waals surface area contributed by atoms with Crippen molar-refractivity contribution in [3.63, 3.8) is 0 Å². The van der Waals surface area contributed by atoms with E-state index in [9.17, 15) is 5.21 Å². The second-order valence-electron chi connectivity index (χ2n) is 8.21. The van der Waals surface area contributed by atoms with Gasteiger partial charge in [0.1, 0.15) is 0 Å². The molecule has 6 nitrogen and oxygen atoms in total.